The van der Waals surface area contributed by atoms with Crippen LogP contribution in [0.15, 0.2) is 60.8 Å². The molecule has 2 aromatic heterocycles. The number of hydrogen-bond donors (Lipinski definition) is 1. The molecule has 0 radical (unpaired) electrons. The van der Waals surface area contributed by atoms with Crippen molar-refractivity contribution in [3.8, 4) is 29.1 Å². The van der Waals surface area contributed by atoms with E-state index >= 15 is 0 Å². The number of rotatable bonds is 9. The van der Waals surface area contributed by atoms with Gasteiger partial charge in [0.05, 0.1) is 26.7 Å². The lowest BCUT2D eigenvalue weighted by atomic mass is 10.2. The zero-order valence-electron chi connectivity index (χ0n) is 20.4. The zero-order chi connectivity index (χ0) is 26.2. The average Bonchev–Trinajstić information content (AvgIpc) is 3.32. The minimum atomic E-state index is -0.620. The number of hydrogen-bond acceptors (Lipinski definition) is 6. The molecule has 2 heterocycles. The first kappa shape index (κ1) is 26.4. The molecular weight excluding hydrogens is 513 g/mol. The van der Waals surface area contributed by atoms with Crippen molar-refractivity contribution in [3.05, 3.63) is 76.5 Å². The Morgan fingerprint density at radius 1 is 1.11 bits per heavy atom. The van der Waals surface area contributed by atoms with Crippen LogP contribution < -0.4 is 14.8 Å². The molecule has 37 heavy (non-hydrogen) atoms. The van der Waals surface area contributed by atoms with Crippen molar-refractivity contribution in [3.63, 3.8) is 0 Å². The summed E-state index contributed by atoms with van der Waals surface area (Å²) >= 11 is 7.47. The number of amides is 1. The highest BCUT2D eigenvalue weighted by Crippen LogP contribution is 2.36. The summed E-state index contributed by atoms with van der Waals surface area (Å²) in [6, 6.07) is 14.6. The van der Waals surface area contributed by atoms with Crippen LogP contribution in [0.5, 0.6) is 17.2 Å². The van der Waals surface area contributed by atoms with Gasteiger partial charge < -0.3 is 14.8 Å². The Bertz CT molecular complexity index is 1460. The molecule has 0 aliphatic heterocycles. The van der Waals surface area contributed by atoms with E-state index in [1.54, 1.807) is 42.6 Å². The fourth-order valence-electron chi connectivity index (χ4n) is 3.42. The van der Waals surface area contributed by atoms with Gasteiger partial charge in [0.25, 0.3) is 5.91 Å². The van der Waals surface area contributed by atoms with Crippen LogP contribution in [-0.4, -0.2) is 42.0 Å². The van der Waals surface area contributed by atoms with Crippen LogP contribution in [0.4, 0.5) is 10.1 Å². The number of thiophene rings is 1. The normalized spacial score (nSPS) is 10.7. The third kappa shape index (κ3) is 6.98. The summed E-state index contributed by atoms with van der Waals surface area (Å²) in [5.74, 6) is 6.21. The number of anilines is 1. The summed E-state index contributed by atoms with van der Waals surface area (Å²) in [5, 5.41) is 3.00. The maximum Gasteiger partial charge on any atom is 0.262 e. The first-order valence-electron chi connectivity index (χ1n) is 11.7. The van der Waals surface area contributed by atoms with Crippen molar-refractivity contribution in [2.24, 2.45) is 0 Å². The molecule has 9 heteroatoms. The Hall–Kier alpha value is -3.64. The molecular formula is C28H25ClFN3O3S. The van der Waals surface area contributed by atoms with E-state index < -0.39 is 11.7 Å². The lowest BCUT2D eigenvalue weighted by Crippen LogP contribution is -2.22. The highest BCUT2D eigenvalue weighted by Gasteiger charge is 2.13. The quantitative estimate of drug-likeness (QED) is 0.244. The lowest BCUT2D eigenvalue weighted by Gasteiger charge is -2.12. The molecule has 4 rings (SSSR count). The van der Waals surface area contributed by atoms with E-state index in [0.29, 0.717) is 23.1 Å². The van der Waals surface area contributed by atoms with Crippen LogP contribution in [0.2, 0.25) is 5.02 Å². The van der Waals surface area contributed by atoms with Crippen LogP contribution in [-0.2, 0) is 4.79 Å². The van der Waals surface area contributed by atoms with Crippen LogP contribution in [0.1, 0.15) is 18.7 Å². The maximum absolute atomic E-state index is 14.8. The second-order valence-electron chi connectivity index (χ2n) is 7.91. The van der Waals surface area contributed by atoms with Gasteiger partial charge in [0.15, 0.2) is 18.2 Å². The number of halogens is 2. The molecule has 0 bridgehead atoms. The number of fused-ring (bicyclic) bond motifs is 1. The second kappa shape index (κ2) is 12.5. The van der Waals surface area contributed by atoms with Crippen LogP contribution >= 0.6 is 22.9 Å². The van der Waals surface area contributed by atoms with Gasteiger partial charge in [0.2, 0.25) is 0 Å². The SMILES string of the molecule is CCN(CC)CC#Cc1cc2nccc(Oc3ccc(NC(=O)COc4ccccc4Cl)cc3F)c2s1. The fraction of sp³-hybridized carbons (Fsp3) is 0.214. The minimum absolute atomic E-state index is 0.0281. The van der Waals surface area contributed by atoms with Gasteiger partial charge in [-0.1, -0.05) is 49.4 Å². The van der Waals surface area contributed by atoms with E-state index in [4.69, 9.17) is 21.1 Å². The van der Waals surface area contributed by atoms with Gasteiger partial charge in [0, 0.05) is 24.0 Å². The second-order valence-corrected chi connectivity index (χ2v) is 9.37. The molecule has 0 saturated heterocycles. The topological polar surface area (TPSA) is 63.7 Å². The standard InChI is InChI=1S/C28H25ClFN3O3S/c1-3-33(4-2)15-7-8-20-17-23-28(37-20)26(13-14-31-23)36-25-12-11-19(16-22(25)30)32-27(34)18-35-24-10-6-5-9-21(24)29/h5-6,9-14,16-17H,3-4,15,18H2,1-2H3,(H,32,34). The summed E-state index contributed by atoms with van der Waals surface area (Å²) in [6.07, 6.45) is 1.61. The molecule has 6 nitrogen and oxygen atoms in total. The van der Waals surface area contributed by atoms with Crippen molar-refractivity contribution in [2.45, 2.75) is 13.8 Å². The molecule has 0 saturated carbocycles. The van der Waals surface area contributed by atoms with E-state index in [1.165, 1.54) is 23.5 Å². The monoisotopic (exact) mass is 537 g/mol. The number of benzene rings is 2. The van der Waals surface area contributed by atoms with Crippen LogP contribution in [0, 0.1) is 17.7 Å². The number of pyridine rings is 1. The highest BCUT2D eigenvalue weighted by molar-refractivity contribution is 7.19. The summed E-state index contributed by atoms with van der Waals surface area (Å²) in [7, 11) is 0. The van der Waals surface area contributed by atoms with Gasteiger partial charge >= 0.3 is 0 Å². The number of carbonyl (C=O) groups is 1. The Labute approximate surface area is 224 Å². The van der Waals surface area contributed by atoms with E-state index in [9.17, 15) is 9.18 Å². The summed E-state index contributed by atoms with van der Waals surface area (Å²) < 4.78 is 26.9. The van der Waals surface area contributed by atoms with Gasteiger partial charge in [0.1, 0.15) is 11.5 Å². The molecule has 1 N–H and O–H groups in total. The molecule has 0 spiro atoms. The highest BCUT2D eigenvalue weighted by atomic mass is 35.5. The third-order valence-corrected chi connectivity index (χ3v) is 6.78. The van der Waals surface area contributed by atoms with Gasteiger partial charge in [-0.25, -0.2) is 4.39 Å². The van der Waals surface area contributed by atoms with E-state index in [1.807, 2.05) is 6.07 Å². The molecule has 0 aliphatic rings. The molecule has 0 fully saturated rings. The smallest absolute Gasteiger partial charge is 0.262 e. The fourth-order valence-corrected chi connectivity index (χ4v) is 4.55. The van der Waals surface area contributed by atoms with Crippen molar-refractivity contribution in [1.82, 2.24) is 9.88 Å². The predicted molar refractivity (Wildman–Crippen MR) is 146 cm³/mol. The van der Waals surface area contributed by atoms with Crippen LogP contribution in [0.3, 0.4) is 0 Å². The molecule has 1 amide bonds. The van der Waals surface area contributed by atoms with Crippen molar-refractivity contribution in [1.29, 1.82) is 0 Å². The number of aromatic nitrogens is 1. The van der Waals surface area contributed by atoms with Gasteiger partial charge in [-0.2, -0.15) is 0 Å². The number of nitrogens with one attached hydrogen (secondary N) is 1. The number of ether oxygens (including phenoxy) is 2. The molecule has 0 unspecified atom stereocenters. The number of para-hydroxylation sites is 1. The molecule has 0 atom stereocenters. The largest absolute Gasteiger partial charge is 0.482 e. The molecule has 190 valence electrons. The molecule has 4 aromatic rings. The molecule has 0 aliphatic carbocycles. The molecule has 2 aromatic carbocycles. The average molecular weight is 538 g/mol. The van der Waals surface area contributed by atoms with E-state index in [0.717, 1.165) is 28.2 Å². The Morgan fingerprint density at radius 3 is 2.68 bits per heavy atom. The minimum Gasteiger partial charge on any atom is -0.482 e. The maximum atomic E-state index is 14.8. The first-order chi connectivity index (χ1) is 18.0. The Morgan fingerprint density at radius 2 is 1.92 bits per heavy atom. The van der Waals surface area contributed by atoms with Gasteiger partial charge in [-0.15, -0.1) is 11.3 Å². The Kier molecular flexibility index (Phi) is 8.96. The third-order valence-electron chi connectivity index (χ3n) is 5.42. The van der Waals surface area contributed by atoms with Gasteiger partial charge in [-0.3, -0.25) is 14.7 Å². The predicted octanol–water partition coefficient (Wildman–Crippen LogP) is 6.59. The summed E-state index contributed by atoms with van der Waals surface area (Å²) in [6.45, 7) is 6.53. The zero-order valence-corrected chi connectivity index (χ0v) is 22.0. The van der Waals surface area contributed by atoms with Crippen LogP contribution in [0.25, 0.3) is 10.2 Å². The number of carbonyl (C=O) groups excluding carboxylic acids is 1. The van der Waals surface area contributed by atoms with Crippen molar-refractivity contribution >= 4 is 44.7 Å². The van der Waals surface area contributed by atoms with E-state index in [2.05, 4.69) is 40.9 Å². The lowest BCUT2D eigenvalue weighted by molar-refractivity contribution is -0.118. The van der Waals surface area contributed by atoms with Gasteiger partial charge in [-0.05, 0) is 43.4 Å². The van der Waals surface area contributed by atoms with Crippen molar-refractivity contribution < 1.29 is 18.7 Å². The Balaban J connectivity index is 1.42. The summed E-state index contributed by atoms with van der Waals surface area (Å²) in [5.41, 5.74) is 1.01. The first-order valence-corrected chi connectivity index (χ1v) is 12.9. The van der Waals surface area contributed by atoms with Crippen molar-refractivity contribution in [2.75, 3.05) is 31.6 Å². The number of nitrogens with zero attached hydrogens (tertiary/aromatic N) is 2. The summed E-state index contributed by atoms with van der Waals surface area (Å²) in [4.78, 5) is 19.7. The van der Waals surface area contributed by atoms with E-state index in [-0.39, 0.29) is 18.0 Å².